The van der Waals surface area contributed by atoms with Crippen LogP contribution >= 0.6 is 0 Å². The van der Waals surface area contributed by atoms with Crippen LogP contribution in [-0.2, 0) is 6.54 Å². The van der Waals surface area contributed by atoms with Crippen molar-refractivity contribution in [3.05, 3.63) is 47.6 Å². The number of amides is 1. The van der Waals surface area contributed by atoms with E-state index in [2.05, 4.69) is 9.88 Å². The molecule has 4 rings (SSSR count). The van der Waals surface area contributed by atoms with Gasteiger partial charge in [0.2, 0.25) is 5.76 Å². The van der Waals surface area contributed by atoms with Crippen molar-refractivity contribution in [3.8, 4) is 0 Å². The number of nitrogens with zero attached hydrogens (tertiary/aromatic N) is 4. The van der Waals surface area contributed by atoms with E-state index in [1.807, 2.05) is 25.1 Å². The smallest absolute Gasteiger partial charge is 0.297 e. The fraction of sp³-hybridized carbons (Fsp3) is 0.545. The minimum atomic E-state index is -0.183. The van der Waals surface area contributed by atoms with Crippen LogP contribution in [-0.4, -0.2) is 60.0 Å². The molecule has 3 heterocycles. The largest absolute Gasteiger partial charge is 0.418 e. The second kappa shape index (κ2) is 8.14. The molecule has 2 aliphatic heterocycles. The first-order chi connectivity index (χ1) is 14.0. The predicted molar refractivity (Wildman–Crippen MR) is 109 cm³/mol. The number of hydrogen-bond donors (Lipinski definition) is 0. The third-order valence-corrected chi connectivity index (χ3v) is 6.29. The standard InChI is InChI=1S/C22H29FN4O2/c1-25(2)21-24-15-19(29-21)20(28)26-11-4-8-22(10-13-26)9-5-12-27(22)16-17-6-3-7-18(23)14-17/h3,6-7,14-15H,4-5,8-13,16H2,1-2H3/t22-/m1/s1. The zero-order chi connectivity index (χ0) is 20.4. The first kappa shape index (κ1) is 19.9. The van der Waals surface area contributed by atoms with E-state index < -0.39 is 0 Å². The molecule has 6 nitrogen and oxygen atoms in total. The summed E-state index contributed by atoms with van der Waals surface area (Å²) in [5, 5.41) is 0. The minimum absolute atomic E-state index is 0.0858. The van der Waals surface area contributed by atoms with E-state index >= 15 is 0 Å². The fourth-order valence-corrected chi connectivity index (χ4v) is 4.77. The molecule has 1 amide bonds. The maximum absolute atomic E-state index is 13.6. The molecule has 1 aromatic carbocycles. The highest BCUT2D eigenvalue weighted by molar-refractivity contribution is 5.91. The van der Waals surface area contributed by atoms with Crippen molar-refractivity contribution in [2.75, 3.05) is 38.6 Å². The first-order valence-electron chi connectivity index (χ1n) is 10.4. The van der Waals surface area contributed by atoms with Gasteiger partial charge in [-0.2, -0.15) is 0 Å². The van der Waals surface area contributed by atoms with Crippen molar-refractivity contribution in [2.24, 2.45) is 0 Å². The van der Waals surface area contributed by atoms with Gasteiger partial charge in [-0.1, -0.05) is 12.1 Å². The summed E-state index contributed by atoms with van der Waals surface area (Å²) in [4.78, 5) is 23.2. The number of aromatic nitrogens is 1. The van der Waals surface area contributed by atoms with Crippen LogP contribution in [0.2, 0.25) is 0 Å². The lowest BCUT2D eigenvalue weighted by atomic mass is 9.87. The van der Waals surface area contributed by atoms with Crippen molar-refractivity contribution in [2.45, 2.75) is 44.2 Å². The van der Waals surface area contributed by atoms with Crippen LogP contribution in [0.5, 0.6) is 0 Å². The van der Waals surface area contributed by atoms with E-state index in [1.165, 1.54) is 12.3 Å². The van der Waals surface area contributed by atoms with Crippen molar-refractivity contribution in [1.82, 2.24) is 14.8 Å². The predicted octanol–water partition coefficient (Wildman–Crippen LogP) is 3.54. The monoisotopic (exact) mass is 400 g/mol. The summed E-state index contributed by atoms with van der Waals surface area (Å²) < 4.78 is 19.2. The number of likely N-dealkylation sites (tertiary alicyclic amines) is 2. The lowest BCUT2D eigenvalue weighted by Gasteiger charge is -2.38. The number of halogens is 1. The summed E-state index contributed by atoms with van der Waals surface area (Å²) in [7, 11) is 3.67. The Morgan fingerprint density at radius 3 is 2.72 bits per heavy atom. The molecule has 2 aromatic rings. The summed E-state index contributed by atoms with van der Waals surface area (Å²) in [5.74, 6) is 0.0301. The maximum atomic E-state index is 13.6. The molecule has 2 saturated heterocycles. The molecule has 29 heavy (non-hydrogen) atoms. The van der Waals surface area contributed by atoms with Crippen molar-refractivity contribution in [3.63, 3.8) is 0 Å². The number of carbonyl (C=O) groups is 1. The van der Waals surface area contributed by atoms with E-state index in [-0.39, 0.29) is 17.3 Å². The molecule has 0 bridgehead atoms. The normalized spacial score (nSPS) is 22.8. The summed E-state index contributed by atoms with van der Waals surface area (Å²) in [6.07, 6.45) is 6.76. The Morgan fingerprint density at radius 1 is 1.21 bits per heavy atom. The zero-order valence-corrected chi connectivity index (χ0v) is 17.2. The molecule has 0 N–H and O–H groups in total. The van der Waals surface area contributed by atoms with Crippen LogP contribution in [0.3, 0.4) is 0 Å². The molecule has 2 fully saturated rings. The average Bonchev–Trinajstić information content (AvgIpc) is 3.26. The van der Waals surface area contributed by atoms with Gasteiger partial charge < -0.3 is 14.2 Å². The van der Waals surface area contributed by atoms with Crippen LogP contribution in [0.4, 0.5) is 10.4 Å². The highest BCUT2D eigenvalue weighted by atomic mass is 19.1. The maximum Gasteiger partial charge on any atom is 0.297 e. The van der Waals surface area contributed by atoms with Gasteiger partial charge in [-0.25, -0.2) is 9.37 Å². The molecular weight excluding hydrogens is 371 g/mol. The number of benzene rings is 1. The van der Waals surface area contributed by atoms with Gasteiger partial charge in [0.15, 0.2) is 0 Å². The van der Waals surface area contributed by atoms with Crippen molar-refractivity contribution in [1.29, 1.82) is 0 Å². The second-order valence-corrected chi connectivity index (χ2v) is 8.43. The van der Waals surface area contributed by atoms with Gasteiger partial charge in [0.1, 0.15) is 5.82 Å². The van der Waals surface area contributed by atoms with Crippen molar-refractivity contribution < 1.29 is 13.6 Å². The summed E-state index contributed by atoms with van der Waals surface area (Å²) in [5.41, 5.74) is 1.11. The molecule has 0 unspecified atom stereocenters. The Bertz CT molecular complexity index is 868. The van der Waals surface area contributed by atoms with Gasteiger partial charge in [0, 0.05) is 39.3 Å². The van der Waals surface area contributed by atoms with Crippen LogP contribution in [0, 0.1) is 5.82 Å². The van der Waals surface area contributed by atoms with E-state index in [1.54, 1.807) is 17.0 Å². The Balaban J connectivity index is 1.44. The molecule has 156 valence electrons. The fourth-order valence-electron chi connectivity index (χ4n) is 4.77. The van der Waals surface area contributed by atoms with E-state index in [9.17, 15) is 9.18 Å². The van der Waals surface area contributed by atoms with Gasteiger partial charge in [0.05, 0.1) is 6.20 Å². The van der Waals surface area contributed by atoms with Crippen LogP contribution < -0.4 is 4.90 Å². The SMILES string of the molecule is CN(C)c1ncc(C(=O)N2CCC[C@@]3(CCCN3Cc3cccc(F)c3)CC2)o1. The van der Waals surface area contributed by atoms with Crippen LogP contribution in [0.1, 0.15) is 48.2 Å². The summed E-state index contributed by atoms with van der Waals surface area (Å²) >= 11 is 0. The van der Waals surface area contributed by atoms with Gasteiger partial charge in [-0.05, 0) is 56.3 Å². The Kier molecular flexibility index (Phi) is 5.58. The van der Waals surface area contributed by atoms with E-state index in [4.69, 9.17) is 4.42 Å². The Morgan fingerprint density at radius 2 is 2.00 bits per heavy atom. The molecule has 1 atom stereocenters. The van der Waals surface area contributed by atoms with Crippen LogP contribution in [0.25, 0.3) is 0 Å². The van der Waals surface area contributed by atoms with Gasteiger partial charge in [-0.15, -0.1) is 0 Å². The number of rotatable bonds is 4. The van der Waals surface area contributed by atoms with E-state index in [0.717, 1.165) is 57.3 Å². The number of anilines is 1. The molecule has 7 heteroatoms. The third kappa shape index (κ3) is 4.15. The van der Waals surface area contributed by atoms with Crippen LogP contribution in [0.15, 0.2) is 34.9 Å². The Hall–Kier alpha value is -2.41. The Labute approximate surface area is 171 Å². The minimum Gasteiger partial charge on any atom is -0.418 e. The highest BCUT2D eigenvalue weighted by Crippen LogP contribution is 2.39. The molecular formula is C22H29FN4O2. The molecule has 1 spiro atoms. The van der Waals surface area contributed by atoms with Gasteiger partial charge >= 0.3 is 0 Å². The zero-order valence-electron chi connectivity index (χ0n) is 17.2. The molecule has 2 aliphatic rings. The molecule has 0 aliphatic carbocycles. The number of oxazole rings is 1. The average molecular weight is 400 g/mol. The lowest BCUT2D eigenvalue weighted by molar-refractivity contribution is 0.0708. The number of carbonyl (C=O) groups excluding carboxylic acids is 1. The topological polar surface area (TPSA) is 52.8 Å². The van der Waals surface area contributed by atoms with Gasteiger partial charge in [0.25, 0.3) is 11.9 Å². The molecule has 0 saturated carbocycles. The van der Waals surface area contributed by atoms with Gasteiger partial charge in [-0.3, -0.25) is 9.69 Å². The lowest BCUT2D eigenvalue weighted by Crippen LogP contribution is -2.44. The van der Waals surface area contributed by atoms with E-state index in [0.29, 0.717) is 18.3 Å². The molecule has 1 aromatic heterocycles. The summed E-state index contributed by atoms with van der Waals surface area (Å²) in [6.45, 7) is 3.22. The quantitative estimate of drug-likeness (QED) is 0.786. The highest BCUT2D eigenvalue weighted by Gasteiger charge is 2.42. The first-order valence-corrected chi connectivity index (χ1v) is 10.4. The third-order valence-electron chi connectivity index (χ3n) is 6.29. The summed E-state index contributed by atoms with van der Waals surface area (Å²) in [6, 6.07) is 7.33. The number of hydrogen-bond acceptors (Lipinski definition) is 5. The molecule has 0 radical (unpaired) electrons. The second-order valence-electron chi connectivity index (χ2n) is 8.43. The van der Waals surface area contributed by atoms with Crippen molar-refractivity contribution >= 4 is 11.9 Å².